The van der Waals surface area contributed by atoms with Gasteiger partial charge in [-0.25, -0.2) is 8.42 Å². The Morgan fingerprint density at radius 1 is 1.41 bits per heavy atom. The van der Waals surface area contributed by atoms with E-state index in [1.807, 2.05) is 32.2 Å². The fourth-order valence-electron chi connectivity index (χ4n) is 1.65. The molecule has 0 spiro atoms. The van der Waals surface area contributed by atoms with Gasteiger partial charge < -0.3 is 5.32 Å². The van der Waals surface area contributed by atoms with Crippen LogP contribution < -0.4 is 5.32 Å². The lowest BCUT2D eigenvalue weighted by molar-refractivity contribution is 0.528. The Balaban J connectivity index is 2.75. The zero-order valence-electron chi connectivity index (χ0n) is 10.6. The molecule has 1 unspecified atom stereocenters. The lowest BCUT2D eigenvalue weighted by atomic mass is 10.1. The number of nitrogens with zero attached hydrogens (tertiary/aromatic N) is 1. The first-order valence-corrected chi connectivity index (χ1v) is 7.82. The van der Waals surface area contributed by atoms with Gasteiger partial charge in [0.1, 0.15) is 9.84 Å². The molecule has 0 aliphatic carbocycles. The minimum absolute atomic E-state index is 0.0582. The van der Waals surface area contributed by atoms with Gasteiger partial charge in [-0.2, -0.15) is 0 Å². The van der Waals surface area contributed by atoms with Gasteiger partial charge in [0, 0.05) is 24.2 Å². The molecule has 0 bridgehead atoms. The van der Waals surface area contributed by atoms with Gasteiger partial charge in [-0.15, -0.1) is 0 Å². The number of rotatable bonds is 6. The van der Waals surface area contributed by atoms with Gasteiger partial charge in [0.05, 0.1) is 5.75 Å². The molecule has 1 aromatic heterocycles. The summed E-state index contributed by atoms with van der Waals surface area (Å²) in [5.74, 6) is 0.193. The van der Waals surface area contributed by atoms with Gasteiger partial charge in [0.2, 0.25) is 0 Å². The van der Waals surface area contributed by atoms with Crippen LogP contribution in [0.1, 0.15) is 30.6 Å². The van der Waals surface area contributed by atoms with Crippen molar-refractivity contribution in [2.24, 2.45) is 0 Å². The van der Waals surface area contributed by atoms with Gasteiger partial charge in [-0.3, -0.25) is 4.98 Å². The first-order chi connectivity index (χ1) is 7.92. The van der Waals surface area contributed by atoms with E-state index >= 15 is 0 Å². The van der Waals surface area contributed by atoms with Crippen LogP contribution in [0.2, 0.25) is 0 Å². The minimum atomic E-state index is -2.91. The smallest absolute Gasteiger partial charge is 0.147 e. The van der Waals surface area contributed by atoms with Crippen molar-refractivity contribution >= 4 is 9.84 Å². The zero-order valence-corrected chi connectivity index (χ0v) is 11.4. The maximum Gasteiger partial charge on any atom is 0.147 e. The van der Waals surface area contributed by atoms with E-state index < -0.39 is 9.84 Å². The third-order valence-electron chi connectivity index (χ3n) is 2.56. The number of nitrogens with one attached hydrogen (secondary N) is 1. The van der Waals surface area contributed by atoms with E-state index in [1.54, 1.807) is 0 Å². The average molecular weight is 256 g/mol. The number of aromatic nitrogens is 1. The van der Waals surface area contributed by atoms with Gasteiger partial charge in [-0.05, 0) is 31.5 Å². The SMILES string of the molecule is CCNC(CCS(C)(=O)=O)c1ccc(C)nc1. The highest BCUT2D eigenvalue weighted by atomic mass is 32.2. The fourth-order valence-corrected chi connectivity index (χ4v) is 2.31. The molecular weight excluding hydrogens is 236 g/mol. The normalized spacial score (nSPS) is 13.6. The van der Waals surface area contributed by atoms with Crippen LogP contribution in [0.3, 0.4) is 0 Å². The summed E-state index contributed by atoms with van der Waals surface area (Å²) < 4.78 is 22.4. The van der Waals surface area contributed by atoms with Crippen LogP contribution in [0, 0.1) is 6.92 Å². The Kier molecular flexibility index (Phi) is 5.08. The molecule has 0 aliphatic rings. The molecule has 4 nitrogen and oxygen atoms in total. The van der Waals surface area contributed by atoms with Crippen molar-refractivity contribution in [3.05, 3.63) is 29.6 Å². The molecular formula is C12H20N2O2S. The summed E-state index contributed by atoms with van der Waals surface area (Å²) in [5, 5.41) is 3.29. The number of sulfone groups is 1. The standard InChI is InChI=1S/C12H20N2O2S/c1-4-13-12(7-8-17(3,15)16)11-6-5-10(2)14-9-11/h5-6,9,12-13H,4,7-8H2,1-3H3. The Morgan fingerprint density at radius 3 is 2.59 bits per heavy atom. The fraction of sp³-hybridized carbons (Fsp3) is 0.583. The van der Waals surface area contributed by atoms with E-state index in [4.69, 9.17) is 0 Å². The number of pyridine rings is 1. The zero-order chi connectivity index (χ0) is 12.9. The molecule has 0 saturated carbocycles. The molecule has 1 N–H and O–H groups in total. The molecule has 0 aliphatic heterocycles. The third-order valence-corrected chi connectivity index (χ3v) is 3.54. The van der Waals surface area contributed by atoms with Crippen molar-refractivity contribution in [1.29, 1.82) is 0 Å². The summed E-state index contributed by atoms with van der Waals surface area (Å²) in [4.78, 5) is 4.24. The van der Waals surface area contributed by atoms with E-state index in [2.05, 4.69) is 10.3 Å². The quantitative estimate of drug-likeness (QED) is 0.837. The number of hydrogen-bond donors (Lipinski definition) is 1. The first-order valence-electron chi connectivity index (χ1n) is 5.76. The highest BCUT2D eigenvalue weighted by Crippen LogP contribution is 2.16. The molecule has 1 atom stereocenters. The molecule has 5 heteroatoms. The molecule has 0 fully saturated rings. The maximum absolute atomic E-state index is 11.2. The van der Waals surface area contributed by atoms with E-state index in [1.165, 1.54) is 6.26 Å². The summed E-state index contributed by atoms with van der Waals surface area (Å²) in [6, 6.07) is 4.00. The molecule has 0 amide bonds. The van der Waals surface area contributed by atoms with Crippen LogP contribution in [0.15, 0.2) is 18.3 Å². The number of hydrogen-bond acceptors (Lipinski definition) is 4. The largest absolute Gasteiger partial charge is 0.310 e. The molecule has 1 aromatic rings. The topological polar surface area (TPSA) is 59.1 Å². The highest BCUT2D eigenvalue weighted by Gasteiger charge is 2.13. The lowest BCUT2D eigenvalue weighted by Crippen LogP contribution is -2.23. The molecule has 0 aromatic carbocycles. The van der Waals surface area contributed by atoms with E-state index in [0.717, 1.165) is 17.8 Å². The second-order valence-electron chi connectivity index (χ2n) is 4.26. The van der Waals surface area contributed by atoms with Crippen LogP contribution in [-0.2, 0) is 9.84 Å². The van der Waals surface area contributed by atoms with Crippen molar-refractivity contribution in [1.82, 2.24) is 10.3 Å². The van der Waals surface area contributed by atoms with Crippen LogP contribution in [-0.4, -0.2) is 32.0 Å². The first kappa shape index (κ1) is 14.1. The highest BCUT2D eigenvalue weighted by molar-refractivity contribution is 7.90. The summed E-state index contributed by atoms with van der Waals surface area (Å²) in [6.07, 6.45) is 3.66. The van der Waals surface area contributed by atoms with Crippen LogP contribution in [0.5, 0.6) is 0 Å². The second-order valence-corrected chi connectivity index (χ2v) is 6.52. The van der Waals surface area contributed by atoms with Crippen molar-refractivity contribution in [2.75, 3.05) is 18.6 Å². The van der Waals surface area contributed by atoms with Crippen molar-refractivity contribution < 1.29 is 8.42 Å². The third kappa shape index (κ3) is 5.28. The molecule has 0 saturated heterocycles. The Hall–Kier alpha value is -0.940. The average Bonchev–Trinajstić information content (AvgIpc) is 2.24. The van der Waals surface area contributed by atoms with Gasteiger partial charge in [0.15, 0.2) is 0 Å². The van der Waals surface area contributed by atoms with Crippen LogP contribution in [0.4, 0.5) is 0 Å². The van der Waals surface area contributed by atoms with Crippen molar-refractivity contribution in [3.63, 3.8) is 0 Å². The van der Waals surface area contributed by atoms with E-state index in [0.29, 0.717) is 6.42 Å². The van der Waals surface area contributed by atoms with Crippen molar-refractivity contribution in [3.8, 4) is 0 Å². The lowest BCUT2D eigenvalue weighted by Gasteiger charge is -2.17. The Labute approximate surface area is 103 Å². The molecule has 1 rings (SSSR count). The van der Waals surface area contributed by atoms with Gasteiger partial charge in [0.25, 0.3) is 0 Å². The van der Waals surface area contributed by atoms with Crippen LogP contribution >= 0.6 is 0 Å². The molecule has 0 radical (unpaired) electrons. The van der Waals surface area contributed by atoms with E-state index in [-0.39, 0.29) is 11.8 Å². The monoisotopic (exact) mass is 256 g/mol. The Bertz CT molecular complexity index is 440. The summed E-state index contributed by atoms with van der Waals surface area (Å²) >= 11 is 0. The predicted molar refractivity (Wildman–Crippen MR) is 69.7 cm³/mol. The summed E-state index contributed by atoms with van der Waals surface area (Å²) in [5.41, 5.74) is 2.01. The van der Waals surface area contributed by atoms with Gasteiger partial charge in [-0.1, -0.05) is 13.0 Å². The number of aryl methyl sites for hydroxylation is 1. The summed E-state index contributed by atoms with van der Waals surface area (Å²) in [7, 11) is -2.91. The second kappa shape index (κ2) is 6.12. The van der Waals surface area contributed by atoms with Crippen LogP contribution in [0.25, 0.3) is 0 Å². The molecule has 1 heterocycles. The molecule has 17 heavy (non-hydrogen) atoms. The molecule has 96 valence electrons. The van der Waals surface area contributed by atoms with Gasteiger partial charge >= 0.3 is 0 Å². The van der Waals surface area contributed by atoms with E-state index in [9.17, 15) is 8.42 Å². The maximum atomic E-state index is 11.2. The van der Waals surface area contributed by atoms with Crippen molar-refractivity contribution in [2.45, 2.75) is 26.3 Å². The minimum Gasteiger partial charge on any atom is -0.310 e. The Morgan fingerprint density at radius 2 is 2.12 bits per heavy atom. The predicted octanol–water partition coefficient (Wildman–Crippen LogP) is 1.48. The summed E-state index contributed by atoms with van der Waals surface area (Å²) in [6.45, 7) is 4.75.